The molecule has 2 rings (SSSR count). The van der Waals surface area contributed by atoms with E-state index in [4.69, 9.17) is 0 Å². The Hall–Kier alpha value is -1.36. The second-order valence-electron chi connectivity index (χ2n) is 5.88. The van der Waals surface area contributed by atoms with Crippen LogP contribution in [0.15, 0.2) is 6.20 Å². The molecule has 19 heavy (non-hydrogen) atoms. The molecule has 1 aromatic heterocycles. The Labute approximate surface area is 114 Å². The molecular formula is C14H23N3O2. The van der Waals surface area contributed by atoms with Gasteiger partial charge in [-0.3, -0.25) is 9.48 Å². The van der Waals surface area contributed by atoms with Gasteiger partial charge in [0.25, 0.3) is 5.91 Å². The van der Waals surface area contributed by atoms with Crippen molar-refractivity contribution in [3.05, 3.63) is 17.5 Å². The van der Waals surface area contributed by atoms with Crippen molar-refractivity contribution in [3.8, 4) is 0 Å². The Balaban J connectivity index is 1.95. The molecule has 5 nitrogen and oxygen atoms in total. The molecule has 0 spiro atoms. The zero-order valence-corrected chi connectivity index (χ0v) is 11.9. The lowest BCUT2D eigenvalue weighted by atomic mass is 9.79. The van der Waals surface area contributed by atoms with Crippen molar-refractivity contribution in [2.45, 2.75) is 45.1 Å². The van der Waals surface area contributed by atoms with Crippen LogP contribution in [0.1, 0.15) is 48.7 Å². The van der Waals surface area contributed by atoms with Crippen LogP contribution < -0.4 is 5.32 Å². The van der Waals surface area contributed by atoms with E-state index in [1.165, 1.54) is 0 Å². The maximum absolute atomic E-state index is 12.1. The minimum atomic E-state index is -0.747. The molecule has 0 aliphatic heterocycles. The Bertz CT molecular complexity index is 469. The van der Waals surface area contributed by atoms with Crippen molar-refractivity contribution in [3.63, 3.8) is 0 Å². The summed E-state index contributed by atoms with van der Waals surface area (Å²) in [6.07, 6.45) is 5.29. The minimum absolute atomic E-state index is 0.155. The average molecular weight is 265 g/mol. The number of aryl methyl sites for hydroxylation is 1. The van der Waals surface area contributed by atoms with Gasteiger partial charge in [-0.05, 0) is 25.7 Å². The van der Waals surface area contributed by atoms with Gasteiger partial charge in [0.2, 0.25) is 0 Å². The lowest BCUT2D eigenvalue weighted by molar-refractivity contribution is -0.0109. The fraction of sp³-hybridized carbons (Fsp3) is 0.714. The number of aliphatic hydroxyl groups is 1. The number of hydrogen-bond acceptors (Lipinski definition) is 3. The third-order valence-corrected chi connectivity index (χ3v) is 4.13. The molecule has 1 saturated carbocycles. The van der Waals surface area contributed by atoms with Gasteiger partial charge in [0.15, 0.2) is 0 Å². The Kier molecular flexibility index (Phi) is 3.94. The lowest BCUT2D eigenvalue weighted by Crippen LogP contribution is -2.45. The minimum Gasteiger partial charge on any atom is -0.388 e. The quantitative estimate of drug-likeness (QED) is 0.868. The summed E-state index contributed by atoms with van der Waals surface area (Å²) in [5.41, 5.74) is 0.667. The summed E-state index contributed by atoms with van der Waals surface area (Å²) in [5.74, 6) is 0.369. The van der Waals surface area contributed by atoms with Crippen LogP contribution in [-0.4, -0.2) is 32.9 Å². The van der Waals surface area contributed by atoms with Crippen molar-refractivity contribution in [1.82, 2.24) is 15.1 Å². The molecule has 106 valence electrons. The second kappa shape index (κ2) is 5.33. The maximum atomic E-state index is 12.1. The monoisotopic (exact) mass is 265 g/mol. The van der Waals surface area contributed by atoms with Gasteiger partial charge in [0, 0.05) is 19.3 Å². The number of amides is 1. The highest BCUT2D eigenvalue weighted by atomic mass is 16.3. The third kappa shape index (κ3) is 3.15. The van der Waals surface area contributed by atoms with Crippen LogP contribution in [0.3, 0.4) is 0 Å². The topological polar surface area (TPSA) is 67.2 Å². The summed E-state index contributed by atoms with van der Waals surface area (Å²) in [5, 5.41) is 17.4. The van der Waals surface area contributed by atoms with E-state index in [-0.39, 0.29) is 5.91 Å². The molecule has 1 aromatic rings. The van der Waals surface area contributed by atoms with Crippen molar-refractivity contribution in [1.29, 1.82) is 0 Å². The smallest absolute Gasteiger partial charge is 0.254 e. The van der Waals surface area contributed by atoms with Crippen LogP contribution in [-0.2, 0) is 7.05 Å². The van der Waals surface area contributed by atoms with Gasteiger partial charge in [-0.25, -0.2) is 0 Å². The Morgan fingerprint density at radius 1 is 1.68 bits per heavy atom. The predicted molar refractivity (Wildman–Crippen MR) is 72.9 cm³/mol. The molecule has 1 aliphatic rings. The lowest BCUT2D eigenvalue weighted by Gasteiger charge is -2.35. The van der Waals surface area contributed by atoms with E-state index in [0.29, 0.717) is 18.0 Å². The summed E-state index contributed by atoms with van der Waals surface area (Å²) in [6.45, 7) is 4.33. The SMILES string of the molecule is Cc1c(C(=O)NCC2(O)CCCC(C)C2)cnn1C. The standard InChI is InChI=1S/C14H23N3O2/c1-10-5-4-6-14(19,7-10)9-15-13(18)12-8-16-17(3)11(12)2/h8,10,19H,4-7,9H2,1-3H3,(H,15,18). The molecule has 1 heterocycles. The van der Waals surface area contributed by atoms with Gasteiger partial charge in [-0.2, -0.15) is 5.10 Å². The van der Waals surface area contributed by atoms with Crippen LogP contribution in [0.5, 0.6) is 0 Å². The van der Waals surface area contributed by atoms with Gasteiger partial charge in [-0.1, -0.05) is 19.8 Å². The van der Waals surface area contributed by atoms with Gasteiger partial charge in [-0.15, -0.1) is 0 Å². The van der Waals surface area contributed by atoms with Gasteiger partial charge >= 0.3 is 0 Å². The van der Waals surface area contributed by atoms with Crippen molar-refractivity contribution < 1.29 is 9.90 Å². The number of aromatic nitrogens is 2. The first-order valence-electron chi connectivity index (χ1n) is 6.90. The van der Waals surface area contributed by atoms with Crippen LogP contribution in [0.2, 0.25) is 0 Å². The first-order valence-corrected chi connectivity index (χ1v) is 6.90. The molecule has 0 bridgehead atoms. The molecule has 2 N–H and O–H groups in total. The molecule has 1 fully saturated rings. The number of hydrogen-bond donors (Lipinski definition) is 2. The number of nitrogens with zero attached hydrogens (tertiary/aromatic N) is 2. The largest absolute Gasteiger partial charge is 0.388 e. The highest BCUT2D eigenvalue weighted by Gasteiger charge is 2.33. The van der Waals surface area contributed by atoms with Crippen LogP contribution in [0.25, 0.3) is 0 Å². The highest BCUT2D eigenvalue weighted by molar-refractivity contribution is 5.95. The summed E-state index contributed by atoms with van der Waals surface area (Å²) in [4.78, 5) is 12.1. The predicted octanol–water partition coefficient (Wildman–Crippen LogP) is 1.40. The van der Waals surface area contributed by atoms with Crippen molar-refractivity contribution >= 4 is 5.91 Å². The summed E-state index contributed by atoms with van der Waals surface area (Å²) in [7, 11) is 1.81. The van der Waals surface area contributed by atoms with Crippen LogP contribution in [0.4, 0.5) is 0 Å². The molecule has 0 aromatic carbocycles. The normalized spacial score (nSPS) is 27.3. The number of carbonyl (C=O) groups is 1. The third-order valence-electron chi connectivity index (χ3n) is 4.13. The van der Waals surface area contributed by atoms with Gasteiger partial charge < -0.3 is 10.4 Å². The molecule has 0 radical (unpaired) electrons. The average Bonchev–Trinajstić information content (AvgIpc) is 2.67. The van der Waals surface area contributed by atoms with E-state index in [0.717, 1.165) is 31.4 Å². The number of carbonyl (C=O) groups excluding carboxylic acids is 1. The molecule has 0 saturated heterocycles. The Morgan fingerprint density at radius 2 is 2.42 bits per heavy atom. The van der Waals surface area contributed by atoms with E-state index < -0.39 is 5.60 Å². The van der Waals surface area contributed by atoms with Crippen LogP contribution in [0, 0.1) is 12.8 Å². The van der Waals surface area contributed by atoms with Gasteiger partial charge in [0.05, 0.1) is 17.4 Å². The van der Waals surface area contributed by atoms with E-state index in [1.807, 2.05) is 14.0 Å². The first-order chi connectivity index (χ1) is 8.91. The van der Waals surface area contributed by atoms with E-state index in [1.54, 1.807) is 10.9 Å². The zero-order chi connectivity index (χ0) is 14.0. The molecule has 2 atom stereocenters. The van der Waals surface area contributed by atoms with E-state index >= 15 is 0 Å². The number of rotatable bonds is 3. The molecule has 1 aliphatic carbocycles. The molecule has 2 unspecified atom stereocenters. The summed E-state index contributed by atoms with van der Waals surface area (Å²) >= 11 is 0. The van der Waals surface area contributed by atoms with E-state index in [2.05, 4.69) is 17.3 Å². The fourth-order valence-electron chi connectivity index (χ4n) is 2.85. The summed E-state index contributed by atoms with van der Waals surface area (Å²) in [6, 6.07) is 0. The zero-order valence-electron chi connectivity index (χ0n) is 11.9. The van der Waals surface area contributed by atoms with E-state index in [9.17, 15) is 9.90 Å². The van der Waals surface area contributed by atoms with Gasteiger partial charge in [0.1, 0.15) is 0 Å². The highest BCUT2D eigenvalue weighted by Crippen LogP contribution is 2.31. The summed E-state index contributed by atoms with van der Waals surface area (Å²) < 4.78 is 1.67. The first kappa shape index (κ1) is 14.1. The fourth-order valence-corrected chi connectivity index (χ4v) is 2.85. The van der Waals surface area contributed by atoms with Crippen molar-refractivity contribution in [2.24, 2.45) is 13.0 Å². The molecule has 1 amide bonds. The maximum Gasteiger partial charge on any atom is 0.254 e. The number of nitrogens with one attached hydrogen (secondary N) is 1. The second-order valence-corrected chi connectivity index (χ2v) is 5.88. The van der Waals surface area contributed by atoms with Crippen LogP contribution >= 0.6 is 0 Å². The van der Waals surface area contributed by atoms with Crippen molar-refractivity contribution in [2.75, 3.05) is 6.54 Å². The molecular weight excluding hydrogens is 242 g/mol. The molecule has 5 heteroatoms. The Morgan fingerprint density at radius 3 is 3.00 bits per heavy atom.